The van der Waals surface area contributed by atoms with Crippen LogP contribution in [0.2, 0.25) is 5.02 Å². The first kappa shape index (κ1) is 23.1. The van der Waals surface area contributed by atoms with Crippen molar-refractivity contribution in [3.05, 3.63) is 64.7 Å². The number of nitrogens with zero attached hydrogens (tertiary/aromatic N) is 1. The van der Waals surface area contributed by atoms with Crippen LogP contribution in [0.5, 0.6) is 5.75 Å². The quantitative estimate of drug-likeness (QED) is 0.515. The molecule has 0 bridgehead atoms. The molecule has 3 N–H and O–H groups in total. The van der Waals surface area contributed by atoms with Gasteiger partial charge in [0.05, 0.1) is 12.5 Å². The van der Waals surface area contributed by atoms with Crippen LogP contribution in [0, 0.1) is 0 Å². The van der Waals surface area contributed by atoms with E-state index < -0.39 is 13.1 Å². The number of nitrogens with one attached hydrogen (secondary N) is 1. The van der Waals surface area contributed by atoms with E-state index in [4.69, 9.17) is 16.3 Å². The van der Waals surface area contributed by atoms with E-state index in [1.165, 1.54) is 0 Å². The number of carbonyl (C=O) groups is 2. The lowest BCUT2D eigenvalue weighted by Gasteiger charge is -2.23. The number of fused-ring (bicyclic) bond motifs is 1. The molecule has 31 heavy (non-hydrogen) atoms. The van der Waals surface area contributed by atoms with E-state index in [2.05, 4.69) is 5.32 Å². The van der Waals surface area contributed by atoms with Gasteiger partial charge in [-0.05, 0) is 43.7 Å². The maximum Gasteiger partial charge on any atom is 0.475 e. The van der Waals surface area contributed by atoms with Gasteiger partial charge in [0, 0.05) is 41.6 Å². The summed E-state index contributed by atoms with van der Waals surface area (Å²) in [6, 6.07) is 14.2. The van der Waals surface area contributed by atoms with Gasteiger partial charge < -0.3 is 25.0 Å². The van der Waals surface area contributed by atoms with Gasteiger partial charge in [-0.25, -0.2) is 0 Å². The number of halogens is 1. The molecule has 1 heterocycles. The Morgan fingerprint density at radius 1 is 1.23 bits per heavy atom. The number of hydrogen-bond donors (Lipinski definition) is 3. The number of ether oxygens (including phenoxy) is 1. The van der Waals surface area contributed by atoms with E-state index in [-0.39, 0.29) is 30.7 Å². The fourth-order valence-electron chi connectivity index (χ4n) is 3.68. The fourth-order valence-corrected chi connectivity index (χ4v) is 3.81. The third-order valence-corrected chi connectivity index (χ3v) is 5.66. The van der Waals surface area contributed by atoms with Crippen LogP contribution in [0.1, 0.15) is 41.6 Å². The lowest BCUT2D eigenvalue weighted by Crippen LogP contribution is -2.48. The van der Waals surface area contributed by atoms with Crippen molar-refractivity contribution in [1.82, 2.24) is 10.2 Å². The molecule has 2 aromatic rings. The van der Waals surface area contributed by atoms with E-state index in [0.29, 0.717) is 30.2 Å². The van der Waals surface area contributed by atoms with Crippen molar-refractivity contribution in [2.75, 3.05) is 19.7 Å². The highest BCUT2D eigenvalue weighted by molar-refractivity contribution is 6.43. The second-order valence-corrected chi connectivity index (χ2v) is 7.95. The van der Waals surface area contributed by atoms with Crippen molar-refractivity contribution in [3.8, 4) is 5.75 Å². The average molecular weight is 445 g/mol. The van der Waals surface area contributed by atoms with Gasteiger partial charge >= 0.3 is 7.12 Å². The number of para-hydroxylation sites is 1. The number of benzene rings is 2. The van der Waals surface area contributed by atoms with Gasteiger partial charge in [-0.3, -0.25) is 9.59 Å². The van der Waals surface area contributed by atoms with Gasteiger partial charge in [0.2, 0.25) is 5.91 Å². The minimum absolute atomic E-state index is 0.0399. The molecule has 0 aromatic heterocycles. The summed E-state index contributed by atoms with van der Waals surface area (Å²) < 4.78 is 5.64. The van der Waals surface area contributed by atoms with Crippen molar-refractivity contribution < 1.29 is 24.4 Å². The predicted octanol–water partition coefficient (Wildman–Crippen LogP) is 2.26. The molecule has 1 unspecified atom stereocenters. The molecule has 9 heteroatoms. The minimum Gasteiger partial charge on any atom is -0.493 e. The summed E-state index contributed by atoms with van der Waals surface area (Å²) >= 11 is 5.87. The van der Waals surface area contributed by atoms with E-state index in [9.17, 15) is 19.6 Å². The molecular formula is C22H26BClN2O5. The van der Waals surface area contributed by atoms with Crippen molar-refractivity contribution >= 4 is 30.5 Å². The van der Waals surface area contributed by atoms with Crippen LogP contribution in [0.4, 0.5) is 0 Å². The number of rotatable bonds is 9. The molecule has 0 saturated heterocycles. The first-order valence-corrected chi connectivity index (χ1v) is 10.7. The largest absolute Gasteiger partial charge is 0.493 e. The topological polar surface area (TPSA) is 99.1 Å². The lowest BCUT2D eigenvalue weighted by atomic mass is 9.73. The summed E-state index contributed by atoms with van der Waals surface area (Å²) in [6.07, 6.45) is 0.385. The van der Waals surface area contributed by atoms with Crippen molar-refractivity contribution in [2.45, 2.75) is 31.6 Å². The molecule has 164 valence electrons. The van der Waals surface area contributed by atoms with E-state index in [1.807, 2.05) is 31.2 Å². The van der Waals surface area contributed by atoms with Crippen molar-refractivity contribution in [2.24, 2.45) is 0 Å². The van der Waals surface area contributed by atoms with Gasteiger partial charge in [-0.15, -0.1) is 0 Å². The zero-order valence-corrected chi connectivity index (χ0v) is 18.1. The minimum atomic E-state index is -1.70. The summed E-state index contributed by atoms with van der Waals surface area (Å²) in [6.45, 7) is 2.92. The third kappa shape index (κ3) is 6.00. The summed E-state index contributed by atoms with van der Waals surface area (Å²) in [5.74, 6) is -0.640. The maximum atomic E-state index is 12.6. The van der Waals surface area contributed by atoms with Crippen LogP contribution in [-0.4, -0.2) is 59.5 Å². The smallest absolute Gasteiger partial charge is 0.475 e. The van der Waals surface area contributed by atoms with Crippen LogP contribution in [0.15, 0.2) is 48.5 Å². The Labute approximate surface area is 187 Å². The summed E-state index contributed by atoms with van der Waals surface area (Å²) in [4.78, 5) is 26.7. The second-order valence-electron chi connectivity index (χ2n) is 7.51. The first-order valence-electron chi connectivity index (χ1n) is 10.3. The van der Waals surface area contributed by atoms with Crippen LogP contribution in [0.25, 0.3) is 0 Å². The highest BCUT2D eigenvalue weighted by atomic mass is 35.5. The fraction of sp³-hybridized carbons (Fsp3) is 0.364. The summed E-state index contributed by atoms with van der Waals surface area (Å²) in [7, 11) is -1.70. The zero-order valence-electron chi connectivity index (χ0n) is 17.3. The maximum absolute atomic E-state index is 12.6. The molecule has 0 fully saturated rings. The molecule has 1 aliphatic heterocycles. The Morgan fingerprint density at radius 2 is 1.94 bits per heavy atom. The van der Waals surface area contributed by atoms with Crippen molar-refractivity contribution in [3.63, 3.8) is 0 Å². The van der Waals surface area contributed by atoms with Gasteiger partial charge in [0.15, 0.2) is 0 Å². The zero-order chi connectivity index (χ0) is 22.4. The van der Waals surface area contributed by atoms with E-state index in [0.717, 1.165) is 11.3 Å². The SMILES string of the molecule is CCN(CCC(=O)NC(C[C@@H]1COc2ccccc21)B(O)O)C(=O)c1ccc(Cl)cc1. The van der Waals surface area contributed by atoms with Crippen LogP contribution >= 0.6 is 11.6 Å². The molecule has 2 aromatic carbocycles. The standard InChI is InChI=1S/C22H26BClN2O5/c1-2-26(22(28)15-7-9-17(24)10-8-15)12-11-21(27)25-20(23(29)30)13-16-14-31-19-6-4-3-5-18(16)19/h3-10,16,20,29-30H,2,11-14H2,1H3,(H,25,27)/t16-,20?/m1/s1. The number of carbonyl (C=O) groups excluding carboxylic acids is 2. The normalized spacial score (nSPS) is 15.5. The Morgan fingerprint density at radius 3 is 2.61 bits per heavy atom. The van der Waals surface area contributed by atoms with Gasteiger partial charge in [0.1, 0.15) is 5.75 Å². The molecule has 0 aliphatic carbocycles. The van der Waals surface area contributed by atoms with Crippen LogP contribution < -0.4 is 10.1 Å². The monoisotopic (exact) mass is 444 g/mol. The van der Waals surface area contributed by atoms with Gasteiger partial charge in [-0.2, -0.15) is 0 Å². The molecule has 2 amide bonds. The van der Waals surface area contributed by atoms with Crippen LogP contribution in [-0.2, 0) is 4.79 Å². The van der Waals surface area contributed by atoms with Crippen molar-refractivity contribution in [1.29, 1.82) is 0 Å². The Kier molecular flexibility index (Phi) is 7.95. The Balaban J connectivity index is 1.55. The molecule has 2 atom stereocenters. The second kappa shape index (κ2) is 10.7. The first-order chi connectivity index (χ1) is 14.9. The number of amides is 2. The molecule has 0 spiro atoms. The van der Waals surface area contributed by atoms with E-state index >= 15 is 0 Å². The third-order valence-electron chi connectivity index (χ3n) is 5.41. The molecule has 0 radical (unpaired) electrons. The van der Waals surface area contributed by atoms with Gasteiger partial charge in [-0.1, -0.05) is 29.8 Å². The number of hydrogen-bond acceptors (Lipinski definition) is 5. The summed E-state index contributed by atoms with van der Waals surface area (Å²) in [5, 5.41) is 22.8. The Hall–Kier alpha value is -2.55. The molecule has 0 saturated carbocycles. The highest BCUT2D eigenvalue weighted by Crippen LogP contribution is 2.36. The summed E-state index contributed by atoms with van der Waals surface area (Å²) in [5.41, 5.74) is 1.49. The lowest BCUT2D eigenvalue weighted by molar-refractivity contribution is -0.121. The van der Waals surface area contributed by atoms with Crippen LogP contribution in [0.3, 0.4) is 0 Å². The molecular weight excluding hydrogens is 419 g/mol. The molecule has 7 nitrogen and oxygen atoms in total. The predicted molar refractivity (Wildman–Crippen MR) is 119 cm³/mol. The Bertz CT molecular complexity index is 909. The van der Waals surface area contributed by atoms with E-state index in [1.54, 1.807) is 29.2 Å². The molecule has 3 rings (SSSR count). The van der Waals surface area contributed by atoms with Gasteiger partial charge in [0.25, 0.3) is 5.91 Å². The molecule has 1 aliphatic rings. The average Bonchev–Trinajstić information content (AvgIpc) is 3.17. The highest BCUT2D eigenvalue weighted by Gasteiger charge is 2.33.